The van der Waals surface area contributed by atoms with E-state index in [0.29, 0.717) is 16.3 Å². The summed E-state index contributed by atoms with van der Waals surface area (Å²) < 4.78 is 5.47. The van der Waals surface area contributed by atoms with Crippen LogP contribution in [0.2, 0.25) is 5.02 Å². The lowest BCUT2D eigenvalue weighted by atomic mass is 10.2. The third-order valence-electron chi connectivity index (χ3n) is 3.60. The molecule has 0 saturated heterocycles. The van der Waals surface area contributed by atoms with E-state index in [1.54, 1.807) is 30.0 Å². The quantitative estimate of drug-likeness (QED) is 0.367. The highest BCUT2D eigenvalue weighted by Gasteiger charge is 2.17. The number of anilines is 2. The number of hydrogen-bond acceptors (Lipinski definition) is 4. The monoisotopic (exact) mass is 353 g/mol. The molecule has 3 aromatic rings. The first-order chi connectivity index (χ1) is 11.7. The Morgan fingerprint density at radius 1 is 0.917 bits per heavy atom. The molecular weight excluding hydrogens is 342 g/mol. The van der Waals surface area contributed by atoms with Crippen LogP contribution < -0.4 is 10.1 Å². The Morgan fingerprint density at radius 2 is 1.75 bits per heavy atom. The molecule has 0 unspecified atom stereocenters. The number of nitrogens with one attached hydrogen (secondary N) is 1. The van der Waals surface area contributed by atoms with Gasteiger partial charge >= 0.3 is 5.97 Å². The van der Waals surface area contributed by atoms with Crippen LogP contribution in [-0.4, -0.2) is 5.97 Å². The van der Waals surface area contributed by atoms with Crippen molar-refractivity contribution in [2.45, 2.75) is 9.79 Å². The highest BCUT2D eigenvalue weighted by Crippen LogP contribution is 2.46. The molecule has 0 atom stereocenters. The van der Waals surface area contributed by atoms with E-state index in [4.69, 9.17) is 16.3 Å². The number of esters is 1. The highest BCUT2D eigenvalue weighted by atomic mass is 35.5. The summed E-state index contributed by atoms with van der Waals surface area (Å²) in [5.41, 5.74) is 2.48. The molecule has 1 aliphatic heterocycles. The summed E-state index contributed by atoms with van der Waals surface area (Å²) in [5.74, 6) is 0.158. The van der Waals surface area contributed by atoms with E-state index in [9.17, 15) is 4.79 Å². The second-order valence-electron chi connectivity index (χ2n) is 5.28. The lowest BCUT2D eigenvalue weighted by molar-refractivity contribution is 0.0734. The van der Waals surface area contributed by atoms with Crippen molar-refractivity contribution < 1.29 is 9.53 Å². The fourth-order valence-electron chi connectivity index (χ4n) is 2.45. The lowest BCUT2D eigenvalue weighted by Gasteiger charge is -2.21. The molecule has 0 radical (unpaired) electrons. The predicted molar refractivity (Wildman–Crippen MR) is 96.7 cm³/mol. The zero-order valence-electron chi connectivity index (χ0n) is 12.5. The smallest absolute Gasteiger partial charge is 0.343 e. The molecular formula is C19H12ClNO2S. The van der Waals surface area contributed by atoms with E-state index >= 15 is 0 Å². The van der Waals surface area contributed by atoms with Crippen molar-refractivity contribution >= 4 is 40.7 Å². The standard InChI is InChI=1S/C19H12ClNO2S/c20-13-6-9-17-16(10-13)21-15-8-7-14(11-18(15)24-17)23-19(22)12-4-2-1-3-5-12/h1-11,21H. The molecule has 1 N–H and O–H groups in total. The molecule has 0 aromatic heterocycles. The Bertz CT molecular complexity index is 928. The predicted octanol–water partition coefficient (Wildman–Crippen LogP) is 5.77. The number of carbonyl (C=O) groups excluding carboxylic acids is 1. The van der Waals surface area contributed by atoms with Crippen molar-refractivity contribution in [2.75, 3.05) is 5.32 Å². The summed E-state index contributed by atoms with van der Waals surface area (Å²) in [6, 6.07) is 20.2. The van der Waals surface area contributed by atoms with Gasteiger partial charge in [-0.05, 0) is 48.5 Å². The van der Waals surface area contributed by atoms with E-state index in [2.05, 4.69) is 5.32 Å². The maximum atomic E-state index is 12.2. The normalized spacial score (nSPS) is 11.9. The van der Waals surface area contributed by atoms with Crippen LogP contribution in [-0.2, 0) is 0 Å². The van der Waals surface area contributed by atoms with Gasteiger partial charge in [0.2, 0.25) is 0 Å². The molecule has 0 saturated carbocycles. The fraction of sp³-hybridized carbons (Fsp3) is 0. The molecule has 1 aliphatic rings. The maximum Gasteiger partial charge on any atom is 0.343 e. The third-order valence-corrected chi connectivity index (χ3v) is 4.97. The minimum absolute atomic E-state index is 0.364. The van der Waals surface area contributed by atoms with Crippen molar-refractivity contribution in [1.29, 1.82) is 0 Å². The molecule has 5 heteroatoms. The zero-order valence-corrected chi connectivity index (χ0v) is 14.0. The van der Waals surface area contributed by atoms with Gasteiger partial charge < -0.3 is 10.1 Å². The van der Waals surface area contributed by atoms with E-state index < -0.39 is 0 Å². The summed E-state index contributed by atoms with van der Waals surface area (Å²) in [7, 11) is 0. The van der Waals surface area contributed by atoms with E-state index in [-0.39, 0.29) is 5.97 Å². The van der Waals surface area contributed by atoms with Gasteiger partial charge in [0.1, 0.15) is 5.75 Å². The Balaban J connectivity index is 1.58. The molecule has 0 amide bonds. The molecule has 24 heavy (non-hydrogen) atoms. The van der Waals surface area contributed by atoms with Crippen molar-refractivity contribution in [3.05, 3.63) is 77.3 Å². The molecule has 4 rings (SSSR count). The summed E-state index contributed by atoms with van der Waals surface area (Å²) in [6.45, 7) is 0. The van der Waals surface area contributed by atoms with Gasteiger partial charge in [0, 0.05) is 14.8 Å². The molecule has 3 aromatic carbocycles. The first-order valence-corrected chi connectivity index (χ1v) is 8.54. The van der Waals surface area contributed by atoms with Crippen LogP contribution in [0.3, 0.4) is 0 Å². The van der Waals surface area contributed by atoms with Gasteiger partial charge in [-0.2, -0.15) is 0 Å². The second-order valence-corrected chi connectivity index (χ2v) is 6.80. The number of benzene rings is 3. The van der Waals surface area contributed by atoms with Crippen molar-refractivity contribution in [3.8, 4) is 5.75 Å². The van der Waals surface area contributed by atoms with E-state index in [1.807, 2.05) is 48.5 Å². The minimum Gasteiger partial charge on any atom is -0.423 e. The van der Waals surface area contributed by atoms with Gasteiger partial charge in [0.25, 0.3) is 0 Å². The van der Waals surface area contributed by atoms with Crippen LogP contribution in [0.25, 0.3) is 0 Å². The number of ether oxygens (including phenoxy) is 1. The number of hydrogen-bond donors (Lipinski definition) is 1. The topological polar surface area (TPSA) is 38.3 Å². The number of halogens is 1. The second kappa shape index (κ2) is 6.23. The highest BCUT2D eigenvalue weighted by molar-refractivity contribution is 7.99. The Kier molecular flexibility index (Phi) is 3.92. The Hall–Kier alpha value is -2.43. The van der Waals surface area contributed by atoms with Gasteiger partial charge in [-0.3, -0.25) is 0 Å². The molecule has 118 valence electrons. The first kappa shape index (κ1) is 15.1. The lowest BCUT2D eigenvalue weighted by Crippen LogP contribution is -2.08. The fourth-order valence-corrected chi connectivity index (χ4v) is 3.62. The average Bonchev–Trinajstić information content (AvgIpc) is 2.61. The number of rotatable bonds is 2. The van der Waals surface area contributed by atoms with Crippen LogP contribution >= 0.6 is 23.4 Å². The third kappa shape index (κ3) is 2.98. The van der Waals surface area contributed by atoms with Crippen LogP contribution in [0.1, 0.15) is 10.4 Å². The maximum absolute atomic E-state index is 12.2. The van der Waals surface area contributed by atoms with Gasteiger partial charge in [0.15, 0.2) is 0 Å². The zero-order chi connectivity index (χ0) is 16.5. The van der Waals surface area contributed by atoms with Gasteiger partial charge in [0.05, 0.1) is 16.9 Å². The Morgan fingerprint density at radius 3 is 2.58 bits per heavy atom. The number of fused-ring (bicyclic) bond motifs is 2. The van der Waals surface area contributed by atoms with Crippen molar-refractivity contribution in [1.82, 2.24) is 0 Å². The molecule has 0 bridgehead atoms. The Labute approximate surface area is 148 Å². The van der Waals surface area contributed by atoms with Crippen molar-refractivity contribution in [3.63, 3.8) is 0 Å². The average molecular weight is 354 g/mol. The van der Waals surface area contributed by atoms with Crippen LogP contribution in [0.15, 0.2) is 76.5 Å². The van der Waals surface area contributed by atoms with Crippen molar-refractivity contribution in [2.24, 2.45) is 0 Å². The summed E-state index contributed by atoms with van der Waals surface area (Å²) >= 11 is 7.65. The molecule has 0 fully saturated rings. The minimum atomic E-state index is -0.364. The summed E-state index contributed by atoms with van der Waals surface area (Å²) in [5, 5.41) is 4.04. The van der Waals surface area contributed by atoms with E-state index in [1.165, 1.54) is 0 Å². The van der Waals surface area contributed by atoms with Gasteiger partial charge in [-0.25, -0.2) is 4.79 Å². The van der Waals surface area contributed by atoms with E-state index in [0.717, 1.165) is 21.2 Å². The summed E-state index contributed by atoms with van der Waals surface area (Å²) in [4.78, 5) is 14.2. The van der Waals surface area contributed by atoms with Crippen LogP contribution in [0.5, 0.6) is 5.75 Å². The summed E-state index contributed by atoms with van der Waals surface area (Å²) in [6.07, 6.45) is 0. The van der Waals surface area contributed by atoms with Crippen LogP contribution in [0.4, 0.5) is 11.4 Å². The molecule has 3 nitrogen and oxygen atoms in total. The molecule has 1 heterocycles. The number of carbonyl (C=O) groups is 1. The van der Waals surface area contributed by atoms with Gasteiger partial charge in [-0.1, -0.05) is 41.6 Å². The largest absolute Gasteiger partial charge is 0.423 e. The SMILES string of the molecule is O=C(Oc1ccc2c(c1)Sc1ccc(Cl)cc1N2)c1ccccc1. The molecule has 0 aliphatic carbocycles. The van der Waals surface area contributed by atoms with Crippen LogP contribution in [0, 0.1) is 0 Å². The van der Waals surface area contributed by atoms with Gasteiger partial charge in [-0.15, -0.1) is 0 Å². The molecule has 0 spiro atoms. The first-order valence-electron chi connectivity index (χ1n) is 7.35.